The Kier molecular flexibility index (Phi) is 5.02. The lowest BCUT2D eigenvalue weighted by molar-refractivity contribution is 0.292. The summed E-state index contributed by atoms with van der Waals surface area (Å²) in [7, 11) is 0. The summed E-state index contributed by atoms with van der Waals surface area (Å²) >= 11 is 0. The van der Waals surface area contributed by atoms with Crippen molar-refractivity contribution < 1.29 is 9.47 Å². The number of aromatic nitrogens is 2. The van der Waals surface area contributed by atoms with Crippen molar-refractivity contribution in [1.29, 1.82) is 0 Å². The summed E-state index contributed by atoms with van der Waals surface area (Å²) in [5.41, 5.74) is 3.10. The minimum absolute atomic E-state index is 0.204. The summed E-state index contributed by atoms with van der Waals surface area (Å²) in [6.07, 6.45) is 1.82. The number of aliphatic imine (C=N–C) groups is 1. The minimum atomic E-state index is 0.204. The molecule has 5 aromatic rings. The van der Waals surface area contributed by atoms with Crippen LogP contribution in [0.2, 0.25) is 0 Å². The molecule has 1 atom stereocenters. The molecule has 0 radical (unpaired) electrons. The molecule has 0 N–H and O–H groups in total. The topological polar surface area (TPSA) is 48.6 Å². The molecule has 0 fully saturated rings. The van der Waals surface area contributed by atoms with E-state index in [-0.39, 0.29) is 6.04 Å². The largest absolute Gasteiger partial charge is 0.475 e. The molecule has 0 aliphatic carbocycles. The Bertz CT molecular complexity index is 1520. The molecule has 6 rings (SSSR count). The second kappa shape index (κ2) is 8.34. The zero-order valence-corrected chi connectivity index (χ0v) is 19.2. The average molecular weight is 448 g/mol. The number of benzene rings is 3. The van der Waals surface area contributed by atoms with Crippen LogP contribution < -0.4 is 4.74 Å². The summed E-state index contributed by atoms with van der Waals surface area (Å²) in [6, 6.07) is 28.7. The molecule has 168 valence electrons. The smallest absolute Gasteiger partial charge is 0.216 e. The fourth-order valence-corrected chi connectivity index (χ4v) is 4.46. The van der Waals surface area contributed by atoms with E-state index in [4.69, 9.17) is 14.5 Å². The SMILES string of the molecule is CC(C)[C@H]1COC(c2cccc(Oc3ccc4c5ccccc5n(-c5ccccn5)c4c3)c2)=N1. The van der Waals surface area contributed by atoms with Crippen LogP contribution in [0.5, 0.6) is 11.5 Å². The van der Waals surface area contributed by atoms with E-state index in [0.717, 1.165) is 39.3 Å². The van der Waals surface area contributed by atoms with Crippen molar-refractivity contribution in [3.05, 3.63) is 96.7 Å². The fourth-order valence-electron chi connectivity index (χ4n) is 4.46. The van der Waals surface area contributed by atoms with Gasteiger partial charge in [0, 0.05) is 28.6 Å². The first-order valence-electron chi connectivity index (χ1n) is 11.6. The normalized spacial score (nSPS) is 15.6. The molecule has 5 nitrogen and oxygen atoms in total. The highest BCUT2D eigenvalue weighted by atomic mass is 16.5. The van der Waals surface area contributed by atoms with E-state index >= 15 is 0 Å². The Balaban J connectivity index is 1.39. The third-order valence-electron chi connectivity index (χ3n) is 6.28. The van der Waals surface area contributed by atoms with Gasteiger partial charge in [0.2, 0.25) is 5.90 Å². The maximum Gasteiger partial charge on any atom is 0.216 e. The molecular weight excluding hydrogens is 422 g/mol. The Morgan fingerprint density at radius 1 is 0.853 bits per heavy atom. The van der Waals surface area contributed by atoms with E-state index in [1.807, 2.05) is 54.7 Å². The molecule has 1 aliphatic rings. The van der Waals surface area contributed by atoms with E-state index in [1.165, 1.54) is 5.39 Å². The van der Waals surface area contributed by atoms with Gasteiger partial charge in [0.15, 0.2) is 0 Å². The Morgan fingerprint density at radius 3 is 2.50 bits per heavy atom. The summed E-state index contributed by atoms with van der Waals surface area (Å²) in [5.74, 6) is 3.53. The lowest BCUT2D eigenvalue weighted by atomic mass is 10.1. The number of nitrogens with zero attached hydrogens (tertiary/aromatic N) is 3. The Morgan fingerprint density at radius 2 is 1.68 bits per heavy atom. The predicted octanol–water partition coefficient (Wildman–Crippen LogP) is 6.77. The third kappa shape index (κ3) is 3.59. The van der Waals surface area contributed by atoms with Crippen molar-refractivity contribution in [3.8, 4) is 17.3 Å². The minimum Gasteiger partial charge on any atom is -0.475 e. The molecule has 0 saturated heterocycles. The lowest BCUT2D eigenvalue weighted by Crippen LogP contribution is -2.13. The highest BCUT2D eigenvalue weighted by Gasteiger charge is 2.23. The van der Waals surface area contributed by atoms with Crippen LogP contribution in [0.1, 0.15) is 19.4 Å². The highest BCUT2D eigenvalue weighted by molar-refractivity contribution is 6.09. The maximum absolute atomic E-state index is 6.30. The van der Waals surface area contributed by atoms with E-state index in [1.54, 1.807) is 0 Å². The molecule has 2 aromatic heterocycles. The average Bonchev–Trinajstić information content (AvgIpc) is 3.48. The maximum atomic E-state index is 6.30. The number of hydrogen-bond donors (Lipinski definition) is 0. The van der Waals surface area contributed by atoms with Crippen LogP contribution in [0.4, 0.5) is 0 Å². The molecule has 0 bridgehead atoms. The number of fused-ring (bicyclic) bond motifs is 3. The van der Waals surface area contributed by atoms with E-state index < -0.39 is 0 Å². The van der Waals surface area contributed by atoms with E-state index in [2.05, 4.69) is 59.8 Å². The van der Waals surface area contributed by atoms with Crippen LogP contribution in [0, 0.1) is 5.92 Å². The van der Waals surface area contributed by atoms with Crippen LogP contribution in [0.3, 0.4) is 0 Å². The van der Waals surface area contributed by atoms with Crippen molar-refractivity contribution >= 4 is 27.7 Å². The summed E-state index contributed by atoms with van der Waals surface area (Å²) < 4.78 is 14.3. The molecule has 0 saturated carbocycles. The number of pyridine rings is 1. The van der Waals surface area contributed by atoms with Gasteiger partial charge in [0.1, 0.15) is 23.9 Å². The summed E-state index contributed by atoms with van der Waals surface area (Å²) in [6.45, 7) is 4.97. The Labute approximate surface area is 198 Å². The standard InChI is InChI=1S/C29H25N3O2/c1-19(2)25-18-33-29(31-25)20-8-7-9-21(16-20)34-22-13-14-24-23-10-3-4-11-26(23)32(27(24)17-22)28-12-5-6-15-30-28/h3-17,19,25H,18H2,1-2H3/t25-/m1/s1. The van der Waals surface area contributed by atoms with Crippen molar-refractivity contribution in [3.63, 3.8) is 0 Å². The van der Waals surface area contributed by atoms with Gasteiger partial charge < -0.3 is 9.47 Å². The molecule has 0 amide bonds. The van der Waals surface area contributed by atoms with Gasteiger partial charge in [-0.3, -0.25) is 4.57 Å². The first kappa shape index (κ1) is 20.5. The van der Waals surface area contributed by atoms with Crippen molar-refractivity contribution in [1.82, 2.24) is 9.55 Å². The van der Waals surface area contributed by atoms with Crippen LogP contribution in [0.15, 0.2) is 96.1 Å². The lowest BCUT2D eigenvalue weighted by Gasteiger charge is -2.10. The molecule has 0 unspecified atom stereocenters. The molecular formula is C29H25N3O2. The van der Waals surface area contributed by atoms with E-state index in [0.29, 0.717) is 18.4 Å². The predicted molar refractivity (Wildman–Crippen MR) is 136 cm³/mol. The molecule has 0 spiro atoms. The fraction of sp³-hybridized carbons (Fsp3) is 0.172. The van der Waals surface area contributed by atoms with Gasteiger partial charge in [0.05, 0.1) is 17.1 Å². The van der Waals surface area contributed by atoms with Gasteiger partial charge >= 0.3 is 0 Å². The van der Waals surface area contributed by atoms with Crippen LogP contribution in [0.25, 0.3) is 27.6 Å². The van der Waals surface area contributed by atoms with Crippen molar-refractivity contribution in [2.75, 3.05) is 6.61 Å². The molecule has 1 aliphatic heterocycles. The first-order valence-corrected chi connectivity index (χ1v) is 11.6. The van der Waals surface area contributed by atoms with Gasteiger partial charge in [0.25, 0.3) is 0 Å². The molecule has 3 heterocycles. The zero-order chi connectivity index (χ0) is 23.1. The summed E-state index contributed by atoms with van der Waals surface area (Å²) in [4.78, 5) is 9.35. The van der Waals surface area contributed by atoms with Gasteiger partial charge in [-0.2, -0.15) is 0 Å². The molecule has 5 heteroatoms. The van der Waals surface area contributed by atoms with Crippen molar-refractivity contribution in [2.24, 2.45) is 10.9 Å². The molecule has 34 heavy (non-hydrogen) atoms. The van der Waals surface area contributed by atoms with Crippen molar-refractivity contribution in [2.45, 2.75) is 19.9 Å². The number of hydrogen-bond acceptors (Lipinski definition) is 4. The van der Waals surface area contributed by atoms with Gasteiger partial charge in [-0.15, -0.1) is 0 Å². The van der Waals surface area contributed by atoms with E-state index in [9.17, 15) is 0 Å². The number of ether oxygens (including phenoxy) is 2. The monoisotopic (exact) mass is 447 g/mol. The van der Waals surface area contributed by atoms with Crippen LogP contribution in [-0.4, -0.2) is 28.1 Å². The van der Waals surface area contributed by atoms with Crippen LogP contribution in [-0.2, 0) is 4.74 Å². The third-order valence-corrected chi connectivity index (χ3v) is 6.28. The second-order valence-electron chi connectivity index (χ2n) is 8.91. The van der Waals surface area contributed by atoms with Gasteiger partial charge in [-0.1, -0.05) is 44.2 Å². The Hall–Kier alpha value is -4.12. The zero-order valence-electron chi connectivity index (χ0n) is 19.2. The molecule has 3 aromatic carbocycles. The summed E-state index contributed by atoms with van der Waals surface area (Å²) in [5, 5.41) is 2.35. The first-order chi connectivity index (χ1) is 16.7. The highest BCUT2D eigenvalue weighted by Crippen LogP contribution is 2.35. The number of para-hydroxylation sites is 1. The van der Waals surface area contributed by atoms with Gasteiger partial charge in [-0.05, 0) is 54.4 Å². The van der Waals surface area contributed by atoms with Gasteiger partial charge in [-0.25, -0.2) is 9.98 Å². The number of rotatable bonds is 5. The second-order valence-corrected chi connectivity index (χ2v) is 8.91. The van der Waals surface area contributed by atoms with Crippen LogP contribution >= 0.6 is 0 Å². The quantitative estimate of drug-likeness (QED) is 0.299.